The van der Waals surface area contributed by atoms with Crippen molar-refractivity contribution in [2.75, 3.05) is 20.8 Å². The summed E-state index contributed by atoms with van der Waals surface area (Å²) in [5.41, 5.74) is 4.22. The number of ether oxygens (including phenoxy) is 3. The molecule has 10 heteroatoms. The van der Waals surface area contributed by atoms with E-state index >= 15 is 0 Å². The van der Waals surface area contributed by atoms with Crippen molar-refractivity contribution in [3.8, 4) is 11.1 Å². The van der Waals surface area contributed by atoms with Crippen LogP contribution < -0.4 is 10.6 Å². The molecular formula is C25H28N2O8. The summed E-state index contributed by atoms with van der Waals surface area (Å²) in [7, 11) is 2.45. The lowest BCUT2D eigenvalue weighted by atomic mass is 9.98. The lowest BCUT2D eigenvalue weighted by Crippen LogP contribution is -2.56. The van der Waals surface area contributed by atoms with E-state index in [1.54, 1.807) is 0 Å². The monoisotopic (exact) mass is 484 g/mol. The van der Waals surface area contributed by atoms with Crippen LogP contribution in [0.5, 0.6) is 0 Å². The number of carbonyl (C=O) groups excluding carboxylic acids is 3. The van der Waals surface area contributed by atoms with Crippen molar-refractivity contribution in [2.45, 2.75) is 37.5 Å². The molecule has 3 N–H and O–H groups in total. The molecule has 35 heavy (non-hydrogen) atoms. The summed E-state index contributed by atoms with van der Waals surface area (Å²) in [6.45, 7) is 1.57. The van der Waals surface area contributed by atoms with Gasteiger partial charge in [0.05, 0.1) is 19.6 Å². The summed E-state index contributed by atoms with van der Waals surface area (Å²) >= 11 is 0. The predicted molar refractivity (Wildman–Crippen MR) is 125 cm³/mol. The Morgan fingerprint density at radius 2 is 1.51 bits per heavy atom. The van der Waals surface area contributed by atoms with Crippen molar-refractivity contribution in [2.24, 2.45) is 0 Å². The molecule has 10 nitrogen and oxygen atoms in total. The Balaban J connectivity index is 1.68. The van der Waals surface area contributed by atoms with Gasteiger partial charge in [0.15, 0.2) is 0 Å². The number of hydrogen-bond donors (Lipinski definition) is 3. The fourth-order valence-corrected chi connectivity index (χ4v) is 4.01. The Morgan fingerprint density at radius 3 is 2.03 bits per heavy atom. The highest BCUT2D eigenvalue weighted by molar-refractivity contribution is 5.91. The average molecular weight is 485 g/mol. The van der Waals surface area contributed by atoms with Gasteiger partial charge < -0.3 is 30.0 Å². The first-order chi connectivity index (χ1) is 16.8. The van der Waals surface area contributed by atoms with Crippen molar-refractivity contribution in [1.29, 1.82) is 0 Å². The highest BCUT2D eigenvalue weighted by Gasteiger charge is 2.33. The van der Waals surface area contributed by atoms with E-state index < -0.39 is 48.5 Å². The Morgan fingerprint density at radius 1 is 0.943 bits per heavy atom. The number of carboxylic acids is 1. The zero-order chi connectivity index (χ0) is 25.5. The Hall–Kier alpha value is -3.92. The predicted octanol–water partition coefficient (Wildman–Crippen LogP) is 2.06. The van der Waals surface area contributed by atoms with E-state index in [-0.39, 0.29) is 12.5 Å². The molecule has 1 aliphatic rings. The van der Waals surface area contributed by atoms with E-state index in [2.05, 4.69) is 15.4 Å². The summed E-state index contributed by atoms with van der Waals surface area (Å²) in [6.07, 6.45) is -2.25. The molecule has 0 fully saturated rings. The van der Waals surface area contributed by atoms with Crippen LogP contribution in [0.25, 0.3) is 11.1 Å². The van der Waals surface area contributed by atoms with Gasteiger partial charge in [-0.15, -0.1) is 0 Å². The quantitative estimate of drug-likeness (QED) is 0.436. The van der Waals surface area contributed by atoms with Gasteiger partial charge in [0.2, 0.25) is 5.91 Å². The number of nitrogens with one attached hydrogen (secondary N) is 2. The van der Waals surface area contributed by atoms with Crippen molar-refractivity contribution in [3.05, 3.63) is 59.7 Å². The first-order valence-electron chi connectivity index (χ1n) is 11.0. The van der Waals surface area contributed by atoms with Gasteiger partial charge >= 0.3 is 18.0 Å². The molecule has 1 aliphatic carbocycles. The van der Waals surface area contributed by atoms with Crippen LogP contribution in [-0.4, -0.2) is 68.1 Å². The van der Waals surface area contributed by atoms with Crippen LogP contribution in [-0.2, 0) is 28.6 Å². The molecule has 0 aliphatic heterocycles. The molecule has 3 atom stereocenters. The van der Waals surface area contributed by atoms with Crippen LogP contribution >= 0.6 is 0 Å². The van der Waals surface area contributed by atoms with Crippen LogP contribution in [0, 0.1) is 0 Å². The van der Waals surface area contributed by atoms with Crippen molar-refractivity contribution < 1.29 is 38.5 Å². The standard InChI is InChI=1S/C25H28N2O8/c1-14(33-2)22(23(29)26-20(24(30)31)12-21(28)34-3)27-25(32)35-13-19-17-10-6-4-8-15(17)16-9-5-7-11-18(16)19/h4-11,14,19-20,22H,12-13H2,1-3H3,(H,26,29)(H,27,32)(H,30,31)/t14-,20-,22+/m1/s1. The maximum Gasteiger partial charge on any atom is 0.407 e. The number of amides is 2. The number of carboxylic acid groups (broad SMARTS) is 1. The molecule has 0 bridgehead atoms. The van der Waals surface area contributed by atoms with Crippen LogP contribution in [0.3, 0.4) is 0 Å². The highest BCUT2D eigenvalue weighted by Crippen LogP contribution is 2.44. The smallest absolute Gasteiger partial charge is 0.407 e. The summed E-state index contributed by atoms with van der Waals surface area (Å²) in [5, 5.41) is 14.0. The van der Waals surface area contributed by atoms with Gasteiger partial charge in [-0.2, -0.15) is 0 Å². The van der Waals surface area contributed by atoms with Gasteiger partial charge in [-0.25, -0.2) is 9.59 Å². The summed E-state index contributed by atoms with van der Waals surface area (Å²) in [4.78, 5) is 48.4. The second-order valence-electron chi connectivity index (χ2n) is 8.07. The lowest BCUT2D eigenvalue weighted by molar-refractivity contribution is -0.149. The largest absolute Gasteiger partial charge is 0.480 e. The van der Waals surface area contributed by atoms with E-state index in [0.717, 1.165) is 29.4 Å². The first kappa shape index (κ1) is 25.7. The van der Waals surface area contributed by atoms with Gasteiger partial charge in [0, 0.05) is 13.0 Å². The van der Waals surface area contributed by atoms with E-state index in [0.29, 0.717) is 0 Å². The highest BCUT2D eigenvalue weighted by atomic mass is 16.5. The van der Waals surface area contributed by atoms with Gasteiger partial charge in [-0.3, -0.25) is 9.59 Å². The molecule has 0 aromatic heterocycles. The Labute approximate surface area is 202 Å². The topological polar surface area (TPSA) is 140 Å². The summed E-state index contributed by atoms with van der Waals surface area (Å²) in [5.74, 6) is -3.24. The molecule has 0 radical (unpaired) electrons. The van der Waals surface area contributed by atoms with Gasteiger partial charge in [-0.05, 0) is 29.2 Å². The van der Waals surface area contributed by atoms with Crippen molar-refractivity contribution in [1.82, 2.24) is 10.6 Å². The second-order valence-corrected chi connectivity index (χ2v) is 8.07. The molecule has 0 heterocycles. The molecule has 0 spiro atoms. The normalized spacial score (nSPS) is 14.6. The van der Waals surface area contributed by atoms with Crippen molar-refractivity contribution in [3.63, 3.8) is 0 Å². The molecule has 0 saturated heterocycles. The third kappa shape index (κ3) is 5.96. The number of methoxy groups -OCH3 is 2. The molecule has 0 saturated carbocycles. The van der Waals surface area contributed by atoms with Gasteiger partial charge in [0.25, 0.3) is 0 Å². The minimum atomic E-state index is -1.54. The summed E-state index contributed by atoms with van der Waals surface area (Å²) in [6, 6.07) is 12.9. The van der Waals surface area contributed by atoms with E-state index in [4.69, 9.17) is 9.47 Å². The van der Waals surface area contributed by atoms with E-state index in [1.165, 1.54) is 14.0 Å². The second kappa shape index (κ2) is 11.5. The molecule has 2 aromatic rings. The number of rotatable bonds is 10. The number of alkyl carbamates (subject to hydrolysis) is 1. The zero-order valence-electron chi connectivity index (χ0n) is 19.6. The van der Waals surface area contributed by atoms with Crippen molar-refractivity contribution >= 4 is 23.9 Å². The first-order valence-corrected chi connectivity index (χ1v) is 11.0. The van der Waals surface area contributed by atoms with Crippen LogP contribution in [0.4, 0.5) is 4.79 Å². The van der Waals surface area contributed by atoms with Crippen LogP contribution in [0.15, 0.2) is 48.5 Å². The Bertz CT molecular complexity index is 1060. The number of aliphatic carboxylic acids is 1. The third-order valence-electron chi connectivity index (χ3n) is 5.95. The fraction of sp³-hybridized carbons (Fsp3) is 0.360. The molecule has 2 aromatic carbocycles. The number of benzene rings is 2. The number of carbonyl (C=O) groups is 4. The maximum absolute atomic E-state index is 12.8. The summed E-state index contributed by atoms with van der Waals surface area (Å²) < 4.78 is 15.1. The van der Waals surface area contributed by atoms with E-state index in [9.17, 15) is 24.3 Å². The zero-order valence-corrected chi connectivity index (χ0v) is 19.6. The Kier molecular flexibility index (Phi) is 8.43. The SMILES string of the molecule is COC(=O)C[C@@H](NC(=O)[C@@H](NC(=O)OCC1c2ccccc2-c2ccccc21)[C@@H](C)OC)C(=O)O. The molecule has 186 valence electrons. The number of esters is 1. The molecule has 3 rings (SSSR count). The van der Waals surface area contributed by atoms with Crippen LogP contribution in [0.2, 0.25) is 0 Å². The fourth-order valence-electron chi connectivity index (χ4n) is 4.01. The van der Waals surface area contributed by atoms with Crippen LogP contribution in [0.1, 0.15) is 30.4 Å². The van der Waals surface area contributed by atoms with Gasteiger partial charge in [0.1, 0.15) is 18.7 Å². The van der Waals surface area contributed by atoms with E-state index in [1.807, 2.05) is 48.5 Å². The lowest BCUT2D eigenvalue weighted by Gasteiger charge is -2.25. The minimum Gasteiger partial charge on any atom is -0.480 e. The molecular weight excluding hydrogens is 456 g/mol. The maximum atomic E-state index is 12.8. The number of hydrogen-bond acceptors (Lipinski definition) is 7. The average Bonchev–Trinajstić information content (AvgIpc) is 3.18. The van der Waals surface area contributed by atoms with Gasteiger partial charge in [-0.1, -0.05) is 48.5 Å². The third-order valence-corrected chi connectivity index (χ3v) is 5.95. The minimum absolute atomic E-state index is 0.0374. The molecule has 2 amide bonds. The number of fused-ring (bicyclic) bond motifs is 3. The molecule has 0 unspecified atom stereocenters.